The largest absolute Gasteiger partial charge is 0.465 e. The predicted octanol–water partition coefficient (Wildman–Crippen LogP) is 4.68. The molecule has 1 amide bonds. The van der Waals surface area contributed by atoms with Crippen LogP contribution in [0.15, 0.2) is 71.4 Å². The third-order valence-electron chi connectivity index (χ3n) is 3.99. The first-order chi connectivity index (χ1) is 13.9. The lowest BCUT2D eigenvalue weighted by atomic mass is 10.2. The lowest BCUT2D eigenvalue weighted by molar-refractivity contribution is -0.137. The van der Waals surface area contributed by atoms with E-state index in [1.165, 1.54) is 30.5 Å². The van der Waals surface area contributed by atoms with Crippen LogP contribution in [0.2, 0.25) is 0 Å². The van der Waals surface area contributed by atoms with Gasteiger partial charge in [0.25, 0.3) is 0 Å². The fraction of sp³-hybridized carbons (Fsp3) is 0.0500. The van der Waals surface area contributed by atoms with Crippen LogP contribution >= 0.6 is 0 Å². The van der Waals surface area contributed by atoms with Crippen LogP contribution < -0.4 is 5.32 Å². The van der Waals surface area contributed by atoms with E-state index in [-0.39, 0.29) is 11.6 Å². The van der Waals surface area contributed by atoms with Crippen molar-refractivity contribution in [2.75, 3.05) is 5.32 Å². The molecule has 2 aromatic heterocycles. The summed E-state index contributed by atoms with van der Waals surface area (Å²) >= 11 is 0. The van der Waals surface area contributed by atoms with E-state index < -0.39 is 11.7 Å². The molecule has 9 heteroatoms. The number of amides is 1. The Bertz CT molecular complexity index is 1190. The number of alkyl halides is 3. The standard InChI is InChI=1S/C20H13F3N4O2/c21-20(22,23)13-3-1-4-15(11-13)27-25-17-8-6-14(12-18(17)26-27)24-19(28)9-7-16-5-2-10-29-16/h1-12H,(H,24,28). The van der Waals surface area contributed by atoms with Gasteiger partial charge in [-0.25, -0.2) is 0 Å². The first kappa shape index (κ1) is 18.5. The number of anilines is 1. The molecule has 0 atom stereocenters. The molecule has 2 heterocycles. The Morgan fingerprint density at radius 2 is 1.86 bits per heavy atom. The summed E-state index contributed by atoms with van der Waals surface area (Å²) in [7, 11) is 0. The number of nitrogens with zero attached hydrogens (tertiary/aromatic N) is 3. The van der Waals surface area contributed by atoms with Crippen LogP contribution in [-0.2, 0) is 11.0 Å². The van der Waals surface area contributed by atoms with Crippen LogP contribution in [0.3, 0.4) is 0 Å². The molecule has 0 saturated carbocycles. The quantitative estimate of drug-likeness (QED) is 0.507. The lowest BCUT2D eigenvalue weighted by Gasteiger charge is -2.07. The van der Waals surface area contributed by atoms with Gasteiger partial charge < -0.3 is 9.73 Å². The Kier molecular flexibility index (Phi) is 4.63. The Labute approximate surface area is 162 Å². The Hall–Kier alpha value is -3.88. The van der Waals surface area contributed by atoms with Crippen LogP contribution in [0, 0.1) is 0 Å². The monoisotopic (exact) mass is 398 g/mol. The van der Waals surface area contributed by atoms with E-state index in [2.05, 4.69) is 15.5 Å². The molecule has 29 heavy (non-hydrogen) atoms. The van der Waals surface area contributed by atoms with Crippen molar-refractivity contribution in [3.63, 3.8) is 0 Å². The molecule has 0 aliphatic rings. The second-order valence-electron chi connectivity index (χ2n) is 6.08. The lowest BCUT2D eigenvalue weighted by Crippen LogP contribution is -2.07. The van der Waals surface area contributed by atoms with Crippen molar-refractivity contribution in [2.24, 2.45) is 0 Å². The van der Waals surface area contributed by atoms with Gasteiger partial charge in [-0.3, -0.25) is 4.79 Å². The van der Waals surface area contributed by atoms with Crippen molar-refractivity contribution >= 4 is 28.7 Å². The first-order valence-electron chi connectivity index (χ1n) is 8.46. The second kappa shape index (κ2) is 7.27. The van der Waals surface area contributed by atoms with E-state index in [0.717, 1.165) is 16.9 Å². The van der Waals surface area contributed by atoms with Gasteiger partial charge in [0.15, 0.2) is 0 Å². The minimum Gasteiger partial charge on any atom is -0.465 e. The molecule has 4 aromatic rings. The molecule has 0 saturated heterocycles. The molecule has 0 aliphatic carbocycles. The maximum atomic E-state index is 12.9. The van der Waals surface area contributed by atoms with Crippen LogP contribution in [0.4, 0.5) is 18.9 Å². The zero-order valence-corrected chi connectivity index (χ0v) is 14.7. The smallest absolute Gasteiger partial charge is 0.416 e. The molecule has 0 aliphatic heterocycles. The molecular weight excluding hydrogens is 385 g/mol. The van der Waals surface area contributed by atoms with Crippen molar-refractivity contribution in [2.45, 2.75) is 6.18 Å². The van der Waals surface area contributed by atoms with Crippen molar-refractivity contribution < 1.29 is 22.4 Å². The zero-order chi connectivity index (χ0) is 20.4. The van der Waals surface area contributed by atoms with Gasteiger partial charge in [0.2, 0.25) is 5.91 Å². The van der Waals surface area contributed by atoms with Crippen molar-refractivity contribution in [3.8, 4) is 5.69 Å². The predicted molar refractivity (Wildman–Crippen MR) is 100 cm³/mol. The average molecular weight is 398 g/mol. The summed E-state index contributed by atoms with van der Waals surface area (Å²) in [6.45, 7) is 0. The summed E-state index contributed by atoms with van der Waals surface area (Å²) in [6.07, 6.45) is -0.108. The summed E-state index contributed by atoms with van der Waals surface area (Å²) in [6, 6.07) is 13.0. The third kappa shape index (κ3) is 4.18. The first-order valence-corrected chi connectivity index (χ1v) is 8.46. The normalized spacial score (nSPS) is 12.0. The fourth-order valence-corrected chi connectivity index (χ4v) is 2.64. The van der Waals surface area contributed by atoms with Gasteiger partial charge in [-0.15, -0.1) is 10.2 Å². The maximum Gasteiger partial charge on any atom is 0.416 e. The highest BCUT2D eigenvalue weighted by molar-refractivity contribution is 6.02. The van der Waals surface area contributed by atoms with Crippen molar-refractivity contribution in [1.82, 2.24) is 15.0 Å². The molecule has 2 aromatic carbocycles. The number of furan rings is 1. The van der Waals surface area contributed by atoms with Crippen LogP contribution in [0.1, 0.15) is 11.3 Å². The van der Waals surface area contributed by atoms with Gasteiger partial charge >= 0.3 is 6.18 Å². The minimum absolute atomic E-state index is 0.183. The van der Waals surface area contributed by atoms with E-state index in [9.17, 15) is 18.0 Å². The number of nitrogens with one attached hydrogen (secondary N) is 1. The molecule has 0 unspecified atom stereocenters. The number of benzene rings is 2. The fourth-order valence-electron chi connectivity index (χ4n) is 2.64. The average Bonchev–Trinajstić information content (AvgIpc) is 3.35. The van der Waals surface area contributed by atoms with E-state index in [0.29, 0.717) is 22.5 Å². The number of hydrogen-bond donors (Lipinski definition) is 1. The molecule has 0 fully saturated rings. The highest BCUT2D eigenvalue weighted by atomic mass is 19.4. The highest BCUT2D eigenvalue weighted by Crippen LogP contribution is 2.30. The number of aromatic nitrogens is 3. The molecule has 6 nitrogen and oxygen atoms in total. The van der Waals surface area contributed by atoms with Gasteiger partial charge in [0.1, 0.15) is 16.8 Å². The maximum absolute atomic E-state index is 12.9. The second-order valence-corrected chi connectivity index (χ2v) is 6.08. The number of hydrogen-bond acceptors (Lipinski definition) is 4. The number of carbonyl (C=O) groups is 1. The summed E-state index contributed by atoms with van der Waals surface area (Å²) in [5.74, 6) is 0.172. The Morgan fingerprint density at radius 3 is 2.62 bits per heavy atom. The zero-order valence-electron chi connectivity index (χ0n) is 14.7. The van der Waals surface area contributed by atoms with Crippen LogP contribution in [0.25, 0.3) is 22.8 Å². The van der Waals surface area contributed by atoms with E-state index in [4.69, 9.17) is 4.42 Å². The molecule has 0 radical (unpaired) electrons. The van der Waals surface area contributed by atoms with E-state index in [1.807, 2.05) is 0 Å². The van der Waals surface area contributed by atoms with Crippen LogP contribution in [0.5, 0.6) is 0 Å². The summed E-state index contributed by atoms with van der Waals surface area (Å²) < 4.78 is 43.8. The van der Waals surface area contributed by atoms with Crippen molar-refractivity contribution in [1.29, 1.82) is 0 Å². The van der Waals surface area contributed by atoms with Gasteiger partial charge in [0.05, 0.1) is 17.5 Å². The Morgan fingerprint density at radius 1 is 1.03 bits per heavy atom. The minimum atomic E-state index is -4.46. The van der Waals surface area contributed by atoms with Gasteiger partial charge in [-0.05, 0) is 54.6 Å². The number of rotatable bonds is 4. The number of halogens is 3. The van der Waals surface area contributed by atoms with Gasteiger partial charge in [-0.1, -0.05) is 6.07 Å². The van der Waals surface area contributed by atoms with Crippen molar-refractivity contribution in [3.05, 3.63) is 78.3 Å². The molecule has 146 valence electrons. The Balaban J connectivity index is 1.56. The van der Waals surface area contributed by atoms with Crippen LogP contribution in [-0.4, -0.2) is 20.9 Å². The van der Waals surface area contributed by atoms with Gasteiger partial charge in [0, 0.05) is 11.8 Å². The molecule has 1 N–H and O–H groups in total. The summed E-state index contributed by atoms with van der Waals surface area (Å²) in [5.41, 5.74) is 0.778. The molecule has 4 rings (SSSR count). The van der Waals surface area contributed by atoms with Gasteiger partial charge in [-0.2, -0.15) is 18.0 Å². The number of fused-ring (bicyclic) bond motifs is 1. The molecular formula is C20H13F3N4O2. The topological polar surface area (TPSA) is 73.0 Å². The highest BCUT2D eigenvalue weighted by Gasteiger charge is 2.30. The third-order valence-corrected chi connectivity index (χ3v) is 3.99. The summed E-state index contributed by atoms with van der Waals surface area (Å²) in [4.78, 5) is 13.1. The van der Waals surface area contributed by atoms with E-state index in [1.54, 1.807) is 30.3 Å². The molecule has 0 spiro atoms. The number of carbonyl (C=O) groups excluding carboxylic acids is 1. The van der Waals surface area contributed by atoms with E-state index >= 15 is 0 Å². The summed E-state index contributed by atoms with van der Waals surface area (Å²) in [5, 5.41) is 11.1. The molecule has 0 bridgehead atoms. The SMILES string of the molecule is O=C(C=Cc1ccco1)Nc1ccc2nn(-c3cccc(C(F)(F)F)c3)nc2c1.